The predicted octanol–water partition coefficient (Wildman–Crippen LogP) is 3.85. The molecule has 3 heterocycles. The van der Waals surface area contributed by atoms with Crippen molar-refractivity contribution in [2.45, 2.75) is 57.8 Å². The molecule has 0 aliphatic carbocycles. The second-order valence-electron chi connectivity index (χ2n) is 8.90. The summed E-state index contributed by atoms with van der Waals surface area (Å²) in [6, 6.07) is 8.48. The summed E-state index contributed by atoms with van der Waals surface area (Å²) < 4.78 is 7.63. The number of aliphatic hydroxyl groups is 1. The zero-order valence-electron chi connectivity index (χ0n) is 16.8. The lowest BCUT2D eigenvalue weighted by atomic mass is 9.86. The van der Waals surface area contributed by atoms with Gasteiger partial charge in [0.2, 0.25) is 0 Å². The summed E-state index contributed by atoms with van der Waals surface area (Å²) in [5.74, 6) is 0.193. The first-order valence-corrected chi connectivity index (χ1v) is 10.1. The molecular formula is C22H29N3O3. The van der Waals surface area contributed by atoms with Crippen LogP contribution in [0.1, 0.15) is 51.6 Å². The van der Waals surface area contributed by atoms with Crippen molar-refractivity contribution in [3.05, 3.63) is 42.4 Å². The SMILES string of the molecule is CC(C)(C)OC(=O)N1CCC(C(O)CC2c3ccccc3-c3cncn32)CC1. The van der Waals surface area contributed by atoms with Crippen LogP contribution in [0, 0.1) is 5.92 Å². The van der Waals surface area contributed by atoms with Crippen LogP contribution in [0.15, 0.2) is 36.8 Å². The van der Waals surface area contributed by atoms with Crippen LogP contribution in [0.5, 0.6) is 0 Å². The number of likely N-dealkylation sites (tertiary alicyclic amines) is 1. The van der Waals surface area contributed by atoms with Crippen molar-refractivity contribution >= 4 is 6.09 Å². The third kappa shape index (κ3) is 3.65. The maximum absolute atomic E-state index is 12.2. The van der Waals surface area contributed by atoms with Crippen molar-refractivity contribution in [3.63, 3.8) is 0 Å². The zero-order valence-corrected chi connectivity index (χ0v) is 16.8. The van der Waals surface area contributed by atoms with Gasteiger partial charge in [-0.05, 0) is 51.5 Å². The van der Waals surface area contributed by atoms with Crippen LogP contribution >= 0.6 is 0 Å². The van der Waals surface area contributed by atoms with Gasteiger partial charge in [-0.2, -0.15) is 0 Å². The monoisotopic (exact) mass is 383 g/mol. The second-order valence-corrected chi connectivity index (χ2v) is 8.90. The Hall–Kier alpha value is -2.34. The number of piperidine rings is 1. The molecule has 1 saturated heterocycles. The predicted molar refractivity (Wildman–Crippen MR) is 107 cm³/mol. The van der Waals surface area contributed by atoms with Crippen molar-refractivity contribution < 1.29 is 14.6 Å². The minimum Gasteiger partial charge on any atom is -0.444 e. The summed E-state index contributed by atoms with van der Waals surface area (Å²) in [5.41, 5.74) is 3.10. The highest BCUT2D eigenvalue weighted by Gasteiger charge is 2.34. The molecule has 1 fully saturated rings. The molecule has 1 aromatic carbocycles. The van der Waals surface area contributed by atoms with Crippen LogP contribution in [-0.2, 0) is 4.74 Å². The molecule has 28 heavy (non-hydrogen) atoms. The fourth-order valence-electron chi connectivity index (χ4n) is 4.39. The first-order valence-electron chi connectivity index (χ1n) is 10.1. The molecule has 0 bridgehead atoms. The van der Waals surface area contributed by atoms with Crippen molar-refractivity contribution in [1.82, 2.24) is 14.5 Å². The topological polar surface area (TPSA) is 67.6 Å². The minimum atomic E-state index is -0.480. The van der Waals surface area contributed by atoms with Crippen LogP contribution in [0.3, 0.4) is 0 Å². The van der Waals surface area contributed by atoms with Gasteiger partial charge < -0.3 is 19.3 Å². The summed E-state index contributed by atoms with van der Waals surface area (Å²) in [6.07, 6.45) is 5.34. The summed E-state index contributed by atoms with van der Waals surface area (Å²) >= 11 is 0. The van der Waals surface area contributed by atoms with Gasteiger partial charge in [0.1, 0.15) is 5.60 Å². The second kappa shape index (κ2) is 7.24. The van der Waals surface area contributed by atoms with Crippen LogP contribution in [-0.4, -0.2) is 50.4 Å². The summed E-state index contributed by atoms with van der Waals surface area (Å²) in [6.45, 7) is 6.91. The first-order chi connectivity index (χ1) is 13.3. The molecule has 2 atom stereocenters. The first kappa shape index (κ1) is 19.0. The summed E-state index contributed by atoms with van der Waals surface area (Å²) in [5, 5.41) is 11.0. The third-order valence-electron chi connectivity index (χ3n) is 5.80. The smallest absolute Gasteiger partial charge is 0.410 e. The highest BCUT2D eigenvalue weighted by molar-refractivity contribution is 5.69. The van der Waals surface area contributed by atoms with E-state index in [0.29, 0.717) is 19.5 Å². The van der Waals surface area contributed by atoms with E-state index < -0.39 is 11.7 Å². The van der Waals surface area contributed by atoms with Crippen LogP contribution in [0.25, 0.3) is 11.3 Å². The zero-order chi connectivity index (χ0) is 19.9. The van der Waals surface area contributed by atoms with Crippen molar-refractivity contribution in [2.24, 2.45) is 5.92 Å². The lowest BCUT2D eigenvalue weighted by Gasteiger charge is -2.35. The van der Waals surface area contributed by atoms with Crippen LogP contribution in [0.4, 0.5) is 4.79 Å². The van der Waals surface area contributed by atoms with Gasteiger partial charge in [-0.25, -0.2) is 9.78 Å². The molecule has 0 spiro atoms. The van der Waals surface area contributed by atoms with E-state index in [1.54, 1.807) is 4.90 Å². The van der Waals surface area contributed by atoms with Gasteiger partial charge in [0.15, 0.2) is 0 Å². The highest BCUT2D eigenvalue weighted by atomic mass is 16.6. The number of aromatic nitrogens is 2. The lowest BCUT2D eigenvalue weighted by Crippen LogP contribution is -2.43. The van der Waals surface area contributed by atoms with Crippen molar-refractivity contribution in [3.8, 4) is 11.3 Å². The van der Waals surface area contributed by atoms with E-state index >= 15 is 0 Å². The third-order valence-corrected chi connectivity index (χ3v) is 5.80. The van der Waals surface area contributed by atoms with E-state index in [4.69, 9.17) is 4.74 Å². The van der Waals surface area contributed by atoms with E-state index in [1.807, 2.05) is 39.4 Å². The number of rotatable bonds is 3. The molecule has 1 N–H and O–H groups in total. The Bertz CT molecular complexity index is 847. The number of carbonyl (C=O) groups excluding carboxylic acids is 1. The minimum absolute atomic E-state index is 0.118. The van der Waals surface area contributed by atoms with Crippen LogP contribution < -0.4 is 0 Å². The molecule has 1 amide bonds. The molecule has 6 nitrogen and oxygen atoms in total. The Morgan fingerprint density at radius 3 is 2.71 bits per heavy atom. The molecule has 2 aromatic rings. The van der Waals surface area contributed by atoms with E-state index in [2.05, 4.69) is 27.8 Å². The number of fused-ring (bicyclic) bond motifs is 3. The van der Waals surface area contributed by atoms with Crippen molar-refractivity contribution in [1.29, 1.82) is 0 Å². The van der Waals surface area contributed by atoms with Gasteiger partial charge in [0.25, 0.3) is 0 Å². The van der Waals surface area contributed by atoms with E-state index in [9.17, 15) is 9.90 Å². The van der Waals surface area contributed by atoms with Crippen molar-refractivity contribution in [2.75, 3.05) is 13.1 Å². The molecule has 150 valence electrons. The van der Waals surface area contributed by atoms with Gasteiger partial charge in [0.05, 0.1) is 30.4 Å². The number of nitrogens with zero attached hydrogens (tertiary/aromatic N) is 3. The number of carbonyl (C=O) groups is 1. The number of hydrogen-bond donors (Lipinski definition) is 1. The number of imidazole rings is 1. The molecule has 2 aliphatic rings. The Kier molecular flexibility index (Phi) is 4.91. The standard InChI is InChI=1S/C22H29N3O3/c1-22(2,3)28-21(27)24-10-8-15(9-11-24)20(26)12-18-16-6-4-5-7-17(16)19-13-23-14-25(18)19/h4-7,13-15,18,20,26H,8-12H2,1-3H3. The Labute approximate surface area is 166 Å². The van der Waals surface area contributed by atoms with Gasteiger partial charge in [-0.15, -0.1) is 0 Å². The molecule has 4 rings (SSSR count). The van der Waals surface area contributed by atoms with Gasteiger partial charge in [0, 0.05) is 18.7 Å². The Morgan fingerprint density at radius 1 is 1.29 bits per heavy atom. The summed E-state index contributed by atoms with van der Waals surface area (Å²) in [7, 11) is 0. The molecule has 0 radical (unpaired) electrons. The Balaban J connectivity index is 1.38. The van der Waals surface area contributed by atoms with E-state index in [0.717, 1.165) is 18.5 Å². The average molecular weight is 383 g/mol. The number of amides is 1. The van der Waals surface area contributed by atoms with Gasteiger partial charge >= 0.3 is 6.09 Å². The quantitative estimate of drug-likeness (QED) is 0.874. The molecular weight excluding hydrogens is 354 g/mol. The largest absolute Gasteiger partial charge is 0.444 e. The maximum Gasteiger partial charge on any atom is 0.410 e. The number of ether oxygens (including phenoxy) is 1. The van der Waals surface area contributed by atoms with E-state index in [1.165, 1.54) is 11.1 Å². The number of benzene rings is 1. The summed E-state index contributed by atoms with van der Waals surface area (Å²) in [4.78, 5) is 18.3. The highest BCUT2D eigenvalue weighted by Crippen LogP contribution is 2.42. The van der Waals surface area contributed by atoms with Crippen LogP contribution in [0.2, 0.25) is 0 Å². The number of hydrogen-bond acceptors (Lipinski definition) is 4. The molecule has 2 aliphatic heterocycles. The fraction of sp³-hybridized carbons (Fsp3) is 0.545. The molecule has 0 saturated carbocycles. The fourth-order valence-corrected chi connectivity index (χ4v) is 4.39. The average Bonchev–Trinajstić information content (AvgIpc) is 3.23. The number of aliphatic hydroxyl groups excluding tert-OH is 1. The van der Waals surface area contributed by atoms with Gasteiger partial charge in [-0.1, -0.05) is 24.3 Å². The van der Waals surface area contributed by atoms with E-state index in [-0.39, 0.29) is 18.1 Å². The van der Waals surface area contributed by atoms with Gasteiger partial charge in [-0.3, -0.25) is 0 Å². The maximum atomic E-state index is 12.2. The molecule has 2 unspecified atom stereocenters. The Morgan fingerprint density at radius 2 is 2.00 bits per heavy atom. The normalized spacial score (nSPS) is 20.6. The molecule has 6 heteroatoms. The molecule has 1 aromatic heterocycles. The lowest BCUT2D eigenvalue weighted by molar-refractivity contribution is 0.00557.